The van der Waals surface area contributed by atoms with E-state index in [1.165, 1.54) is 18.7 Å². The minimum Gasteiger partial charge on any atom is -0.396 e. The number of likely N-dealkylation sites (N-methyl/N-ethyl adjacent to an activating group) is 1. The van der Waals surface area contributed by atoms with Crippen LogP contribution >= 0.6 is 0 Å². The lowest BCUT2D eigenvalue weighted by molar-refractivity contribution is 0.0309. The zero-order chi connectivity index (χ0) is 14.8. The fraction of sp³-hybridized carbons (Fsp3) is 0.462. The molecular formula is C13H18F2N2O2. The Labute approximate surface area is 110 Å². The minimum absolute atomic E-state index is 0.0317. The zero-order valence-corrected chi connectivity index (χ0v) is 11.2. The fourth-order valence-electron chi connectivity index (χ4n) is 1.72. The molecule has 1 rings (SSSR count). The van der Waals surface area contributed by atoms with E-state index in [2.05, 4.69) is 0 Å². The number of nitrogens with zero attached hydrogens (tertiary/aromatic N) is 1. The average molecular weight is 272 g/mol. The second kappa shape index (κ2) is 5.52. The van der Waals surface area contributed by atoms with Gasteiger partial charge in [-0.05, 0) is 32.9 Å². The van der Waals surface area contributed by atoms with Crippen LogP contribution in [0.4, 0.5) is 14.5 Å². The van der Waals surface area contributed by atoms with Gasteiger partial charge in [-0.2, -0.15) is 0 Å². The predicted octanol–water partition coefficient (Wildman–Crippen LogP) is 1.78. The Bertz CT molecular complexity index is 484. The molecular weight excluding hydrogens is 254 g/mol. The summed E-state index contributed by atoms with van der Waals surface area (Å²) in [7, 11) is 0. The number of carbonyl (C=O) groups excluding carboxylic acids is 1. The van der Waals surface area contributed by atoms with Gasteiger partial charge in [0.25, 0.3) is 5.91 Å². The Morgan fingerprint density at radius 3 is 2.47 bits per heavy atom. The van der Waals surface area contributed by atoms with Crippen LogP contribution in [-0.4, -0.2) is 34.6 Å². The summed E-state index contributed by atoms with van der Waals surface area (Å²) in [5.74, 6) is -2.86. The van der Waals surface area contributed by atoms with E-state index in [-0.39, 0.29) is 18.8 Å². The fourth-order valence-corrected chi connectivity index (χ4v) is 1.72. The molecule has 0 aromatic heterocycles. The van der Waals surface area contributed by atoms with Gasteiger partial charge in [-0.25, -0.2) is 8.78 Å². The van der Waals surface area contributed by atoms with Crippen LogP contribution in [0, 0.1) is 11.6 Å². The van der Waals surface area contributed by atoms with Crippen molar-refractivity contribution in [3.8, 4) is 0 Å². The summed E-state index contributed by atoms with van der Waals surface area (Å²) in [4.78, 5) is 13.3. The summed E-state index contributed by atoms with van der Waals surface area (Å²) < 4.78 is 27.4. The normalized spacial score (nSPS) is 11.5. The monoisotopic (exact) mass is 272 g/mol. The first-order chi connectivity index (χ1) is 8.67. The van der Waals surface area contributed by atoms with Gasteiger partial charge >= 0.3 is 0 Å². The van der Waals surface area contributed by atoms with Gasteiger partial charge in [-0.3, -0.25) is 4.79 Å². The molecule has 0 aliphatic heterocycles. The number of hydrogen-bond acceptors (Lipinski definition) is 3. The second-order valence-electron chi connectivity index (χ2n) is 4.96. The molecule has 3 N–H and O–H groups in total. The van der Waals surface area contributed by atoms with Gasteiger partial charge in [0.05, 0.1) is 11.3 Å². The number of hydrogen-bond donors (Lipinski definition) is 2. The molecule has 1 aromatic rings. The number of nitrogens with two attached hydrogens (primary N) is 1. The minimum atomic E-state index is -1.15. The number of nitrogen functional groups attached to an aromatic ring is 1. The van der Waals surface area contributed by atoms with E-state index in [1.807, 2.05) is 0 Å². The molecule has 19 heavy (non-hydrogen) atoms. The van der Waals surface area contributed by atoms with Crippen molar-refractivity contribution in [3.05, 3.63) is 29.3 Å². The van der Waals surface area contributed by atoms with Gasteiger partial charge in [0.2, 0.25) is 0 Å². The lowest BCUT2D eigenvalue weighted by Crippen LogP contribution is -2.42. The molecule has 0 fully saturated rings. The molecule has 0 bridgehead atoms. The van der Waals surface area contributed by atoms with Crippen molar-refractivity contribution in [1.82, 2.24) is 4.90 Å². The lowest BCUT2D eigenvalue weighted by Gasteiger charge is -2.28. The maximum Gasteiger partial charge on any atom is 0.260 e. The summed E-state index contributed by atoms with van der Waals surface area (Å²) >= 11 is 0. The number of anilines is 1. The number of aliphatic hydroxyl groups is 1. The van der Waals surface area contributed by atoms with Gasteiger partial charge in [-0.1, -0.05) is 0 Å². The highest BCUT2D eigenvalue weighted by atomic mass is 19.1. The molecule has 1 amide bonds. The van der Waals surface area contributed by atoms with Crippen LogP contribution in [0.5, 0.6) is 0 Å². The van der Waals surface area contributed by atoms with E-state index in [0.29, 0.717) is 0 Å². The van der Waals surface area contributed by atoms with Crippen LogP contribution in [0.2, 0.25) is 0 Å². The molecule has 0 spiro atoms. The number of halogens is 2. The van der Waals surface area contributed by atoms with Crippen LogP contribution < -0.4 is 5.73 Å². The Morgan fingerprint density at radius 2 is 2.00 bits per heavy atom. The van der Waals surface area contributed by atoms with Crippen LogP contribution in [0.1, 0.15) is 31.1 Å². The summed E-state index contributed by atoms with van der Waals surface area (Å²) in [6.45, 7) is 4.86. The van der Waals surface area contributed by atoms with Crippen molar-refractivity contribution in [1.29, 1.82) is 0 Å². The third kappa shape index (κ3) is 3.64. The molecule has 0 heterocycles. The summed E-state index contributed by atoms with van der Waals surface area (Å²) in [5.41, 5.74) is 3.20. The molecule has 106 valence electrons. The number of benzene rings is 1. The molecule has 0 saturated carbocycles. The molecule has 6 heteroatoms. The van der Waals surface area contributed by atoms with Crippen LogP contribution in [0.25, 0.3) is 0 Å². The Balaban J connectivity index is 3.15. The summed E-state index contributed by atoms with van der Waals surface area (Å²) in [6.07, 6.45) is 0. The number of carbonyl (C=O) groups is 1. The number of amides is 1. The third-order valence-electron chi connectivity index (χ3n) is 2.58. The van der Waals surface area contributed by atoms with E-state index in [1.54, 1.807) is 6.92 Å². The summed E-state index contributed by atoms with van der Waals surface area (Å²) in [6, 6.07) is 2.01. The van der Waals surface area contributed by atoms with Gasteiger partial charge in [0.15, 0.2) is 5.82 Å². The highest BCUT2D eigenvalue weighted by Gasteiger charge is 2.27. The van der Waals surface area contributed by atoms with Crippen molar-refractivity contribution < 1.29 is 18.7 Å². The largest absolute Gasteiger partial charge is 0.396 e. The standard InChI is InChI=1S/C13H18F2N2O2/c1-4-17(7-13(2,3)19)12(18)10-8(14)5-6-9(16)11(10)15/h5-6,19H,4,7,16H2,1-3H3. The average Bonchev–Trinajstić information content (AvgIpc) is 2.30. The second-order valence-corrected chi connectivity index (χ2v) is 4.96. The van der Waals surface area contributed by atoms with Gasteiger partial charge in [-0.15, -0.1) is 0 Å². The molecule has 0 aliphatic rings. The molecule has 1 aromatic carbocycles. The van der Waals surface area contributed by atoms with E-state index >= 15 is 0 Å². The molecule has 0 atom stereocenters. The highest BCUT2D eigenvalue weighted by Crippen LogP contribution is 2.21. The zero-order valence-electron chi connectivity index (χ0n) is 11.2. The van der Waals surface area contributed by atoms with Crippen molar-refractivity contribution >= 4 is 11.6 Å². The Morgan fingerprint density at radius 1 is 1.42 bits per heavy atom. The topological polar surface area (TPSA) is 66.6 Å². The van der Waals surface area contributed by atoms with E-state index in [9.17, 15) is 18.7 Å². The lowest BCUT2D eigenvalue weighted by atomic mass is 10.1. The molecule has 0 saturated heterocycles. The quantitative estimate of drug-likeness (QED) is 0.821. The predicted molar refractivity (Wildman–Crippen MR) is 68.6 cm³/mol. The molecule has 0 aliphatic carbocycles. The van der Waals surface area contributed by atoms with E-state index < -0.39 is 28.7 Å². The SMILES string of the molecule is CCN(CC(C)(C)O)C(=O)c1c(F)ccc(N)c1F. The van der Waals surface area contributed by atoms with E-state index in [0.717, 1.165) is 12.1 Å². The van der Waals surface area contributed by atoms with E-state index in [4.69, 9.17) is 5.73 Å². The van der Waals surface area contributed by atoms with Crippen LogP contribution in [-0.2, 0) is 0 Å². The summed E-state index contributed by atoms with van der Waals surface area (Å²) in [5, 5.41) is 9.70. The van der Waals surface area contributed by atoms with Crippen molar-refractivity contribution in [2.75, 3.05) is 18.8 Å². The first-order valence-corrected chi connectivity index (χ1v) is 5.92. The van der Waals surface area contributed by atoms with Gasteiger partial charge in [0, 0.05) is 13.1 Å². The molecule has 4 nitrogen and oxygen atoms in total. The molecule has 0 unspecified atom stereocenters. The van der Waals surface area contributed by atoms with Gasteiger partial charge < -0.3 is 15.7 Å². The Kier molecular flexibility index (Phi) is 4.47. The maximum atomic E-state index is 13.8. The first-order valence-electron chi connectivity index (χ1n) is 5.92. The highest BCUT2D eigenvalue weighted by molar-refractivity contribution is 5.95. The van der Waals surface area contributed by atoms with Crippen molar-refractivity contribution in [2.24, 2.45) is 0 Å². The first kappa shape index (κ1) is 15.4. The smallest absolute Gasteiger partial charge is 0.260 e. The Hall–Kier alpha value is -1.69. The third-order valence-corrected chi connectivity index (χ3v) is 2.58. The van der Waals surface area contributed by atoms with Crippen molar-refractivity contribution in [2.45, 2.75) is 26.4 Å². The maximum absolute atomic E-state index is 13.8. The van der Waals surface area contributed by atoms with Crippen LogP contribution in [0.15, 0.2) is 12.1 Å². The van der Waals surface area contributed by atoms with Crippen LogP contribution in [0.3, 0.4) is 0 Å². The molecule has 0 radical (unpaired) electrons. The van der Waals surface area contributed by atoms with Crippen molar-refractivity contribution in [3.63, 3.8) is 0 Å². The number of rotatable bonds is 4. The van der Waals surface area contributed by atoms with Gasteiger partial charge in [0.1, 0.15) is 11.4 Å².